The Hall–Kier alpha value is -1.06. The van der Waals surface area contributed by atoms with Crippen LogP contribution in [-0.2, 0) is 0 Å². The number of benzene rings is 1. The van der Waals surface area contributed by atoms with E-state index in [0.717, 1.165) is 37.3 Å². The largest absolute Gasteiger partial charge is 0.494 e. The van der Waals surface area contributed by atoms with Crippen LogP contribution in [0.5, 0.6) is 5.75 Å². The maximum Gasteiger partial charge on any atom is 0.119 e. The molecule has 0 saturated carbocycles. The van der Waals surface area contributed by atoms with Crippen molar-refractivity contribution in [2.75, 3.05) is 13.2 Å². The smallest absolute Gasteiger partial charge is 0.119 e. The van der Waals surface area contributed by atoms with E-state index in [0.29, 0.717) is 0 Å². The fourth-order valence-corrected chi connectivity index (χ4v) is 2.09. The van der Waals surface area contributed by atoms with E-state index in [2.05, 4.69) is 19.2 Å². The van der Waals surface area contributed by atoms with Gasteiger partial charge in [0.05, 0.1) is 12.7 Å². The van der Waals surface area contributed by atoms with Gasteiger partial charge >= 0.3 is 0 Å². The van der Waals surface area contributed by atoms with Crippen LogP contribution in [0, 0.1) is 0 Å². The van der Waals surface area contributed by atoms with Crippen LogP contribution >= 0.6 is 0 Å². The Kier molecular flexibility index (Phi) is 8.31. The van der Waals surface area contributed by atoms with Gasteiger partial charge in [0.2, 0.25) is 0 Å². The van der Waals surface area contributed by atoms with Crippen LogP contribution in [0.3, 0.4) is 0 Å². The Morgan fingerprint density at radius 3 is 2.40 bits per heavy atom. The first kappa shape index (κ1) is 17.0. The van der Waals surface area contributed by atoms with Gasteiger partial charge in [-0.25, -0.2) is 0 Å². The van der Waals surface area contributed by atoms with E-state index >= 15 is 0 Å². The van der Waals surface area contributed by atoms with Crippen LogP contribution < -0.4 is 10.1 Å². The molecule has 1 aromatic carbocycles. The van der Waals surface area contributed by atoms with Crippen molar-refractivity contribution in [2.45, 2.75) is 58.6 Å². The normalized spacial score (nSPS) is 14.0. The quantitative estimate of drug-likeness (QED) is 0.642. The van der Waals surface area contributed by atoms with Gasteiger partial charge in [0.15, 0.2) is 0 Å². The average Bonchev–Trinajstić information content (AvgIpc) is 2.49. The van der Waals surface area contributed by atoms with Crippen LogP contribution in [0.4, 0.5) is 0 Å². The third kappa shape index (κ3) is 5.93. The van der Waals surface area contributed by atoms with Gasteiger partial charge < -0.3 is 15.2 Å². The minimum absolute atomic E-state index is 0.0641. The van der Waals surface area contributed by atoms with Crippen molar-refractivity contribution in [1.82, 2.24) is 5.32 Å². The van der Waals surface area contributed by atoms with Crippen LogP contribution in [0.1, 0.15) is 58.1 Å². The molecule has 0 amide bonds. The SMILES string of the molecule is CCCCCNC(C)C(O)c1ccc(OCCC)cc1. The predicted octanol–water partition coefficient (Wildman–Crippen LogP) is 3.68. The molecule has 114 valence electrons. The highest BCUT2D eigenvalue weighted by Crippen LogP contribution is 2.20. The average molecular weight is 279 g/mol. The fourth-order valence-electron chi connectivity index (χ4n) is 2.09. The topological polar surface area (TPSA) is 41.5 Å². The molecule has 2 atom stereocenters. The molecular weight excluding hydrogens is 250 g/mol. The van der Waals surface area contributed by atoms with Crippen molar-refractivity contribution in [3.8, 4) is 5.75 Å². The van der Waals surface area contributed by atoms with Gasteiger partial charge in [-0.2, -0.15) is 0 Å². The molecule has 1 aromatic rings. The van der Waals surface area contributed by atoms with Crippen molar-refractivity contribution in [1.29, 1.82) is 0 Å². The summed E-state index contributed by atoms with van der Waals surface area (Å²) in [6.45, 7) is 8.00. The summed E-state index contributed by atoms with van der Waals surface area (Å²) in [5, 5.41) is 13.7. The standard InChI is InChI=1S/C17H29NO2/c1-4-6-7-12-18-14(3)17(19)15-8-10-16(11-9-15)20-13-5-2/h8-11,14,17-19H,4-7,12-13H2,1-3H3. The molecule has 2 N–H and O–H groups in total. The molecule has 0 fully saturated rings. The Labute approximate surface area is 123 Å². The summed E-state index contributed by atoms with van der Waals surface area (Å²) in [4.78, 5) is 0. The molecule has 0 bridgehead atoms. The zero-order valence-corrected chi connectivity index (χ0v) is 13.1. The lowest BCUT2D eigenvalue weighted by Crippen LogP contribution is -2.32. The summed E-state index contributed by atoms with van der Waals surface area (Å²) in [7, 11) is 0. The van der Waals surface area contributed by atoms with Crippen molar-refractivity contribution >= 4 is 0 Å². The molecule has 0 saturated heterocycles. The summed E-state index contributed by atoms with van der Waals surface area (Å²) in [5.41, 5.74) is 0.935. The summed E-state index contributed by atoms with van der Waals surface area (Å²) >= 11 is 0. The maximum atomic E-state index is 10.3. The Morgan fingerprint density at radius 1 is 1.10 bits per heavy atom. The van der Waals surface area contributed by atoms with Crippen molar-refractivity contribution < 1.29 is 9.84 Å². The molecule has 0 aliphatic carbocycles. The molecule has 20 heavy (non-hydrogen) atoms. The van der Waals surface area contributed by atoms with Gasteiger partial charge in [-0.1, -0.05) is 38.8 Å². The highest BCUT2D eigenvalue weighted by Gasteiger charge is 2.15. The second-order valence-corrected chi connectivity index (χ2v) is 5.31. The first-order valence-electron chi connectivity index (χ1n) is 7.83. The molecule has 3 heteroatoms. The van der Waals surface area contributed by atoms with Gasteiger partial charge in [0.25, 0.3) is 0 Å². The maximum absolute atomic E-state index is 10.3. The van der Waals surface area contributed by atoms with Crippen LogP contribution in [0.15, 0.2) is 24.3 Å². The number of unbranched alkanes of at least 4 members (excludes halogenated alkanes) is 2. The molecular formula is C17H29NO2. The number of aliphatic hydroxyl groups is 1. The molecule has 2 unspecified atom stereocenters. The molecule has 0 aliphatic rings. The third-order valence-corrected chi connectivity index (χ3v) is 3.41. The number of hydrogen-bond acceptors (Lipinski definition) is 3. The molecule has 0 spiro atoms. The third-order valence-electron chi connectivity index (χ3n) is 3.41. The van der Waals surface area contributed by atoms with E-state index in [9.17, 15) is 5.11 Å². The van der Waals surface area contributed by atoms with E-state index in [1.54, 1.807) is 0 Å². The second-order valence-electron chi connectivity index (χ2n) is 5.31. The summed E-state index contributed by atoms with van der Waals surface area (Å²) in [5.74, 6) is 0.867. The van der Waals surface area contributed by atoms with Gasteiger partial charge in [-0.3, -0.25) is 0 Å². The number of rotatable bonds is 10. The van der Waals surface area contributed by atoms with E-state index in [4.69, 9.17) is 4.74 Å². The minimum Gasteiger partial charge on any atom is -0.494 e. The number of nitrogens with one attached hydrogen (secondary N) is 1. The second kappa shape index (κ2) is 9.78. The van der Waals surface area contributed by atoms with Crippen molar-refractivity contribution in [2.24, 2.45) is 0 Å². The summed E-state index contributed by atoms with van der Waals surface area (Å²) < 4.78 is 5.54. The lowest BCUT2D eigenvalue weighted by atomic mass is 10.0. The summed E-state index contributed by atoms with van der Waals surface area (Å²) in [6, 6.07) is 7.81. The highest BCUT2D eigenvalue weighted by molar-refractivity contribution is 5.29. The van der Waals surface area contributed by atoms with Crippen molar-refractivity contribution in [3.05, 3.63) is 29.8 Å². The van der Waals surface area contributed by atoms with Crippen LogP contribution in [0.25, 0.3) is 0 Å². The van der Waals surface area contributed by atoms with E-state index in [1.807, 2.05) is 31.2 Å². The first-order valence-corrected chi connectivity index (χ1v) is 7.83. The monoisotopic (exact) mass is 279 g/mol. The molecule has 3 nitrogen and oxygen atoms in total. The predicted molar refractivity (Wildman–Crippen MR) is 84.2 cm³/mol. The first-order chi connectivity index (χ1) is 9.69. The fraction of sp³-hybridized carbons (Fsp3) is 0.647. The van der Waals surface area contributed by atoms with Gasteiger partial charge in [0.1, 0.15) is 5.75 Å². The molecule has 0 heterocycles. The van der Waals surface area contributed by atoms with Crippen LogP contribution in [0.2, 0.25) is 0 Å². The van der Waals surface area contributed by atoms with Gasteiger partial charge in [-0.05, 0) is 44.0 Å². The number of ether oxygens (including phenoxy) is 1. The minimum atomic E-state index is -0.475. The summed E-state index contributed by atoms with van der Waals surface area (Å²) in [6.07, 6.45) is 4.15. The Balaban J connectivity index is 2.43. The molecule has 0 aromatic heterocycles. The molecule has 0 radical (unpaired) electrons. The zero-order chi connectivity index (χ0) is 14.8. The van der Waals surface area contributed by atoms with Crippen molar-refractivity contribution in [3.63, 3.8) is 0 Å². The van der Waals surface area contributed by atoms with E-state index in [-0.39, 0.29) is 6.04 Å². The van der Waals surface area contributed by atoms with E-state index in [1.165, 1.54) is 12.8 Å². The van der Waals surface area contributed by atoms with Crippen LogP contribution in [-0.4, -0.2) is 24.3 Å². The van der Waals surface area contributed by atoms with E-state index < -0.39 is 6.10 Å². The Bertz CT molecular complexity index is 351. The van der Waals surface area contributed by atoms with Gasteiger partial charge in [-0.15, -0.1) is 0 Å². The molecule has 0 aliphatic heterocycles. The molecule has 1 rings (SSSR count). The highest BCUT2D eigenvalue weighted by atomic mass is 16.5. The number of hydrogen-bond donors (Lipinski definition) is 2. The van der Waals surface area contributed by atoms with Gasteiger partial charge in [0, 0.05) is 6.04 Å². The zero-order valence-electron chi connectivity index (χ0n) is 13.1. The lowest BCUT2D eigenvalue weighted by Gasteiger charge is -2.21. The Morgan fingerprint density at radius 2 is 1.80 bits per heavy atom. The lowest BCUT2D eigenvalue weighted by molar-refractivity contribution is 0.136. The number of aliphatic hydroxyl groups excluding tert-OH is 1.